The molecule has 0 aromatic heterocycles. The van der Waals surface area contributed by atoms with Crippen LogP contribution in [0, 0.1) is 13.8 Å². The number of aryl methyl sites for hydroxylation is 2. The number of carbonyl (C=O) groups is 2. The minimum atomic E-state index is -0.303. The van der Waals surface area contributed by atoms with Crippen LogP contribution in [0.1, 0.15) is 34.0 Å². The van der Waals surface area contributed by atoms with Gasteiger partial charge in [0.25, 0.3) is 11.8 Å². The number of nitrogens with zero attached hydrogens (tertiary/aromatic N) is 1. The highest BCUT2D eigenvalue weighted by molar-refractivity contribution is 9.10. The van der Waals surface area contributed by atoms with Crippen molar-refractivity contribution in [1.82, 2.24) is 5.43 Å². The molecule has 2 amide bonds. The molecule has 3 aromatic carbocycles. The van der Waals surface area contributed by atoms with Crippen molar-refractivity contribution in [3.05, 3.63) is 87.4 Å². The Kier molecular flexibility index (Phi) is 8.81. The maximum atomic E-state index is 12.4. The van der Waals surface area contributed by atoms with E-state index in [2.05, 4.69) is 31.8 Å². The summed E-state index contributed by atoms with van der Waals surface area (Å²) in [5, 5.41) is 6.85. The highest BCUT2D eigenvalue weighted by Gasteiger charge is 2.11. The first-order valence-electron chi connectivity index (χ1n) is 10.7. The molecule has 0 aliphatic rings. The minimum absolute atomic E-state index is 0.181. The molecule has 0 spiro atoms. The monoisotopic (exact) mass is 523 g/mol. The molecule has 0 radical (unpaired) electrons. The fourth-order valence-electron chi connectivity index (χ4n) is 3.02. The van der Waals surface area contributed by atoms with E-state index in [1.807, 2.05) is 39.0 Å². The van der Waals surface area contributed by atoms with E-state index in [1.54, 1.807) is 42.5 Å². The summed E-state index contributed by atoms with van der Waals surface area (Å²) in [5.74, 6) is 0.312. The van der Waals surface area contributed by atoms with Crippen molar-refractivity contribution in [2.24, 2.45) is 5.10 Å². The molecule has 3 aromatic rings. The second kappa shape index (κ2) is 12.0. The van der Waals surface area contributed by atoms with Crippen molar-refractivity contribution in [1.29, 1.82) is 0 Å². The molecular weight excluding hydrogens is 498 g/mol. The van der Waals surface area contributed by atoms with E-state index in [-0.39, 0.29) is 18.4 Å². The minimum Gasteiger partial charge on any atom is -0.490 e. The van der Waals surface area contributed by atoms with E-state index < -0.39 is 0 Å². The molecular formula is C26H26BrN3O4. The molecule has 0 bridgehead atoms. The lowest BCUT2D eigenvalue weighted by Crippen LogP contribution is -2.20. The van der Waals surface area contributed by atoms with Gasteiger partial charge in [0.2, 0.25) is 0 Å². The van der Waals surface area contributed by atoms with Crippen molar-refractivity contribution in [2.75, 3.05) is 18.5 Å². The second-order valence-electron chi connectivity index (χ2n) is 7.46. The van der Waals surface area contributed by atoms with Crippen LogP contribution in [-0.4, -0.2) is 31.2 Å². The molecule has 0 saturated carbocycles. The molecule has 7 nitrogen and oxygen atoms in total. The molecule has 0 heterocycles. The fourth-order valence-corrected chi connectivity index (χ4v) is 3.58. The van der Waals surface area contributed by atoms with Crippen LogP contribution in [0.5, 0.6) is 11.5 Å². The number of nitrogens with one attached hydrogen (secondary N) is 2. The van der Waals surface area contributed by atoms with Gasteiger partial charge in [0.15, 0.2) is 18.1 Å². The smallest absolute Gasteiger partial charge is 0.271 e. The summed E-state index contributed by atoms with van der Waals surface area (Å²) in [6, 6.07) is 17.9. The maximum Gasteiger partial charge on any atom is 0.271 e. The number of rotatable bonds is 9. The van der Waals surface area contributed by atoms with Gasteiger partial charge < -0.3 is 14.8 Å². The third kappa shape index (κ3) is 6.92. The van der Waals surface area contributed by atoms with Gasteiger partial charge in [-0.1, -0.05) is 18.2 Å². The van der Waals surface area contributed by atoms with Gasteiger partial charge in [-0.25, -0.2) is 5.43 Å². The first-order valence-corrected chi connectivity index (χ1v) is 11.5. The Morgan fingerprint density at radius 3 is 2.44 bits per heavy atom. The lowest BCUT2D eigenvalue weighted by atomic mass is 10.1. The fraction of sp³-hybridized carbons (Fsp3) is 0.192. The lowest BCUT2D eigenvalue weighted by Gasteiger charge is -2.14. The van der Waals surface area contributed by atoms with Gasteiger partial charge in [0.1, 0.15) is 0 Å². The Morgan fingerprint density at radius 2 is 1.71 bits per heavy atom. The summed E-state index contributed by atoms with van der Waals surface area (Å²) in [4.78, 5) is 24.5. The number of hydrogen-bond acceptors (Lipinski definition) is 5. The molecule has 0 saturated heterocycles. The lowest BCUT2D eigenvalue weighted by molar-refractivity contribution is -0.118. The van der Waals surface area contributed by atoms with E-state index in [1.165, 1.54) is 6.21 Å². The van der Waals surface area contributed by atoms with Crippen LogP contribution in [0.3, 0.4) is 0 Å². The van der Waals surface area contributed by atoms with Crippen LogP contribution in [0.2, 0.25) is 0 Å². The zero-order valence-electron chi connectivity index (χ0n) is 19.2. The van der Waals surface area contributed by atoms with Crippen LogP contribution in [-0.2, 0) is 4.79 Å². The summed E-state index contributed by atoms with van der Waals surface area (Å²) < 4.78 is 12.2. The van der Waals surface area contributed by atoms with Crippen molar-refractivity contribution >= 4 is 39.6 Å². The van der Waals surface area contributed by atoms with Gasteiger partial charge in [-0.15, -0.1) is 0 Å². The van der Waals surface area contributed by atoms with Crippen molar-refractivity contribution in [3.8, 4) is 11.5 Å². The summed E-state index contributed by atoms with van der Waals surface area (Å²) in [5.41, 5.74) is 6.61. The number of anilines is 1. The number of benzene rings is 3. The van der Waals surface area contributed by atoms with Crippen LogP contribution in [0.25, 0.3) is 0 Å². The molecule has 176 valence electrons. The molecule has 0 fully saturated rings. The van der Waals surface area contributed by atoms with E-state index in [4.69, 9.17) is 9.47 Å². The normalized spacial score (nSPS) is 10.7. The summed E-state index contributed by atoms with van der Waals surface area (Å²) in [6.45, 7) is 6.09. The van der Waals surface area contributed by atoms with Crippen molar-refractivity contribution < 1.29 is 19.1 Å². The van der Waals surface area contributed by atoms with Crippen molar-refractivity contribution in [2.45, 2.75) is 20.8 Å². The van der Waals surface area contributed by atoms with E-state index in [0.29, 0.717) is 34.9 Å². The molecule has 0 atom stereocenters. The first-order chi connectivity index (χ1) is 16.4. The van der Waals surface area contributed by atoms with Crippen LogP contribution >= 0.6 is 15.9 Å². The molecule has 34 heavy (non-hydrogen) atoms. The quantitative estimate of drug-likeness (QED) is 0.296. The topological polar surface area (TPSA) is 89.0 Å². The molecule has 3 rings (SSSR count). The maximum absolute atomic E-state index is 12.4. The average Bonchev–Trinajstić information content (AvgIpc) is 2.82. The number of hydrazone groups is 1. The van der Waals surface area contributed by atoms with Gasteiger partial charge in [0, 0.05) is 10.0 Å². The summed E-state index contributed by atoms with van der Waals surface area (Å²) in [7, 11) is 0. The van der Waals surface area contributed by atoms with Gasteiger partial charge in [-0.2, -0.15) is 5.10 Å². The summed E-state index contributed by atoms with van der Waals surface area (Å²) in [6.07, 6.45) is 1.51. The van der Waals surface area contributed by atoms with E-state index in [0.717, 1.165) is 15.6 Å². The third-order valence-corrected chi connectivity index (χ3v) is 5.56. The van der Waals surface area contributed by atoms with Crippen LogP contribution in [0.15, 0.2) is 70.2 Å². The number of ether oxygens (including phenoxy) is 2. The second-order valence-corrected chi connectivity index (χ2v) is 8.31. The average molecular weight is 524 g/mol. The summed E-state index contributed by atoms with van der Waals surface area (Å²) >= 11 is 3.47. The third-order valence-electron chi connectivity index (χ3n) is 4.90. The predicted molar refractivity (Wildman–Crippen MR) is 137 cm³/mol. The van der Waals surface area contributed by atoms with Crippen LogP contribution < -0.4 is 20.2 Å². The Hall–Kier alpha value is -3.65. The predicted octanol–water partition coefficient (Wildman–Crippen LogP) is 5.25. The van der Waals surface area contributed by atoms with E-state index >= 15 is 0 Å². The number of carbonyl (C=O) groups excluding carboxylic acids is 2. The Balaban J connectivity index is 1.62. The number of halogens is 1. The largest absolute Gasteiger partial charge is 0.490 e. The molecule has 0 aliphatic heterocycles. The van der Waals surface area contributed by atoms with Crippen LogP contribution in [0.4, 0.5) is 5.69 Å². The Bertz CT molecular complexity index is 1200. The van der Waals surface area contributed by atoms with E-state index in [9.17, 15) is 9.59 Å². The highest BCUT2D eigenvalue weighted by Crippen LogP contribution is 2.29. The zero-order chi connectivity index (χ0) is 24.5. The highest BCUT2D eigenvalue weighted by atomic mass is 79.9. The zero-order valence-corrected chi connectivity index (χ0v) is 20.8. The number of hydrogen-bond donors (Lipinski definition) is 2. The number of amides is 2. The Labute approximate surface area is 207 Å². The molecule has 2 N–H and O–H groups in total. The molecule has 0 aliphatic carbocycles. The SMILES string of the molecule is CCOc1cc(/C=N/NC(=O)c2ccccc2)ccc1OCC(=O)Nc1cc(C)c(C)cc1Br. The standard InChI is InChI=1S/C26H26BrN3O4/c1-4-33-24-14-19(15-28-30-26(32)20-8-6-5-7-9-20)10-11-23(24)34-16-25(31)29-22-13-18(3)17(2)12-21(22)27/h5-15H,4,16H2,1-3H3,(H,29,31)(H,30,32)/b28-15+. The van der Waals surface area contributed by atoms with Gasteiger partial charge in [-0.3, -0.25) is 9.59 Å². The van der Waals surface area contributed by atoms with Crippen molar-refractivity contribution in [3.63, 3.8) is 0 Å². The van der Waals surface area contributed by atoms with Gasteiger partial charge >= 0.3 is 0 Å². The first kappa shape index (κ1) is 25.0. The Morgan fingerprint density at radius 1 is 0.971 bits per heavy atom. The molecule has 0 unspecified atom stereocenters. The van der Waals surface area contributed by atoms with Gasteiger partial charge in [0.05, 0.1) is 18.5 Å². The van der Waals surface area contributed by atoms with Gasteiger partial charge in [-0.05, 0) is 95.9 Å². The molecule has 8 heteroatoms.